The smallest absolute Gasteiger partial charge is 0.420 e. The maximum absolute atomic E-state index is 12.6. The molecule has 1 rings (SSSR count). The van der Waals surface area contributed by atoms with Gasteiger partial charge in [-0.05, 0) is 54.5 Å². The summed E-state index contributed by atoms with van der Waals surface area (Å²) in [6.45, 7) is 11.7. The Kier molecular flexibility index (Phi) is 6.41. The maximum atomic E-state index is 12.6. The van der Waals surface area contributed by atoms with Crippen molar-refractivity contribution >= 4 is 12.2 Å². The number of imide groups is 1. The van der Waals surface area contributed by atoms with Crippen molar-refractivity contribution in [3.8, 4) is 0 Å². The Morgan fingerprint density at radius 1 is 1.00 bits per heavy atom. The summed E-state index contributed by atoms with van der Waals surface area (Å²) >= 11 is 0. The van der Waals surface area contributed by atoms with Crippen LogP contribution in [0, 0.1) is 0 Å². The van der Waals surface area contributed by atoms with Crippen LogP contribution in [0.1, 0.15) is 48.0 Å². The lowest BCUT2D eigenvalue weighted by Crippen LogP contribution is -2.59. The minimum Gasteiger partial charge on any atom is -0.443 e. The normalized spacial score (nSPS) is 22.4. The molecule has 1 aliphatic rings. The number of rotatable bonds is 2. The van der Waals surface area contributed by atoms with E-state index in [-0.39, 0.29) is 6.10 Å². The lowest BCUT2D eigenvalue weighted by molar-refractivity contribution is -0.0384. The molecule has 134 valence electrons. The van der Waals surface area contributed by atoms with Gasteiger partial charge in [0.05, 0.1) is 12.1 Å². The average molecular weight is 330 g/mol. The van der Waals surface area contributed by atoms with Crippen molar-refractivity contribution in [2.24, 2.45) is 0 Å². The summed E-state index contributed by atoms with van der Waals surface area (Å²) in [5.74, 6) is 0. The van der Waals surface area contributed by atoms with Gasteiger partial charge in [-0.3, -0.25) is 0 Å². The summed E-state index contributed by atoms with van der Waals surface area (Å²) in [5.41, 5.74) is -1.41. The molecular weight excluding hydrogens is 300 g/mol. The van der Waals surface area contributed by atoms with Crippen molar-refractivity contribution in [2.75, 3.05) is 20.2 Å². The Bertz CT molecular complexity index is 397. The third kappa shape index (κ3) is 6.35. The van der Waals surface area contributed by atoms with E-state index in [9.17, 15) is 9.59 Å². The number of amides is 2. The van der Waals surface area contributed by atoms with Crippen molar-refractivity contribution in [1.29, 1.82) is 0 Å². The molecule has 0 spiro atoms. The molecule has 0 unspecified atom stereocenters. The largest absolute Gasteiger partial charge is 0.443 e. The zero-order valence-electron chi connectivity index (χ0n) is 15.3. The number of methoxy groups -OCH3 is 1. The van der Waals surface area contributed by atoms with E-state index >= 15 is 0 Å². The highest BCUT2D eigenvalue weighted by atomic mass is 16.6. The highest BCUT2D eigenvalue weighted by Gasteiger charge is 2.41. The summed E-state index contributed by atoms with van der Waals surface area (Å²) in [6, 6.07) is -0.474. The molecule has 0 aliphatic carbocycles. The Labute approximate surface area is 138 Å². The Morgan fingerprint density at radius 3 is 1.87 bits per heavy atom. The van der Waals surface area contributed by atoms with Gasteiger partial charge in [0.15, 0.2) is 0 Å². The second kappa shape index (κ2) is 7.49. The molecule has 1 fully saturated rings. The number of carbonyl (C=O) groups excluding carboxylic acids is 2. The second-order valence-corrected chi connectivity index (χ2v) is 7.66. The van der Waals surface area contributed by atoms with Crippen LogP contribution in [0.25, 0.3) is 0 Å². The van der Waals surface area contributed by atoms with Gasteiger partial charge in [0, 0.05) is 13.7 Å². The molecule has 0 radical (unpaired) electrons. The van der Waals surface area contributed by atoms with Crippen molar-refractivity contribution in [1.82, 2.24) is 10.2 Å². The fraction of sp³-hybridized carbons (Fsp3) is 0.875. The van der Waals surface area contributed by atoms with E-state index in [4.69, 9.17) is 14.2 Å². The van der Waals surface area contributed by atoms with Gasteiger partial charge in [-0.15, -0.1) is 0 Å². The first-order valence-corrected chi connectivity index (χ1v) is 7.93. The van der Waals surface area contributed by atoms with E-state index in [1.165, 1.54) is 0 Å². The van der Waals surface area contributed by atoms with E-state index in [1.54, 1.807) is 48.7 Å². The van der Waals surface area contributed by atoms with Gasteiger partial charge < -0.3 is 19.5 Å². The number of piperidine rings is 1. The summed E-state index contributed by atoms with van der Waals surface area (Å²) in [7, 11) is 1.57. The van der Waals surface area contributed by atoms with Crippen LogP contribution < -0.4 is 5.32 Å². The first-order valence-electron chi connectivity index (χ1n) is 7.93. The van der Waals surface area contributed by atoms with E-state index in [0.717, 1.165) is 11.4 Å². The molecule has 2 atom stereocenters. The molecular formula is C16H30N2O5. The van der Waals surface area contributed by atoms with Crippen LogP contribution in [-0.2, 0) is 14.2 Å². The van der Waals surface area contributed by atoms with Crippen molar-refractivity contribution < 1.29 is 23.8 Å². The van der Waals surface area contributed by atoms with Crippen LogP contribution in [0.4, 0.5) is 9.59 Å². The van der Waals surface area contributed by atoms with Crippen LogP contribution in [-0.4, -0.2) is 60.6 Å². The lowest BCUT2D eigenvalue weighted by Gasteiger charge is -2.39. The molecule has 1 saturated heterocycles. The zero-order valence-corrected chi connectivity index (χ0v) is 15.3. The monoisotopic (exact) mass is 330 g/mol. The van der Waals surface area contributed by atoms with E-state index < -0.39 is 29.4 Å². The van der Waals surface area contributed by atoms with Gasteiger partial charge in [-0.1, -0.05) is 0 Å². The van der Waals surface area contributed by atoms with Crippen molar-refractivity contribution in [3.05, 3.63) is 0 Å². The molecule has 7 heteroatoms. The Hall–Kier alpha value is -1.34. The quantitative estimate of drug-likeness (QED) is 0.838. The molecule has 1 aliphatic heterocycles. The Morgan fingerprint density at radius 2 is 1.48 bits per heavy atom. The lowest BCUT2D eigenvalue weighted by atomic mass is 10.0. The number of hydrogen-bond donors (Lipinski definition) is 1. The highest BCUT2D eigenvalue weighted by Crippen LogP contribution is 2.21. The fourth-order valence-corrected chi connectivity index (χ4v) is 2.32. The van der Waals surface area contributed by atoms with Crippen LogP contribution in [0.5, 0.6) is 0 Å². The maximum Gasteiger partial charge on any atom is 0.420 e. The minimum absolute atomic E-state index is 0.253. The third-order valence-electron chi connectivity index (χ3n) is 3.20. The van der Waals surface area contributed by atoms with Gasteiger partial charge in [-0.2, -0.15) is 0 Å². The summed E-state index contributed by atoms with van der Waals surface area (Å²) < 4.78 is 16.2. The zero-order chi connectivity index (χ0) is 17.8. The number of hydrogen-bond acceptors (Lipinski definition) is 6. The number of nitrogens with one attached hydrogen (secondary N) is 1. The van der Waals surface area contributed by atoms with E-state index in [0.29, 0.717) is 13.0 Å². The molecule has 1 heterocycles. The molecule has 7 nitrogen and oxygen atoms in total. The second-order valence-electron chi connectivity index (χ2n) is 7.66. The molecule has 0 saturated carbocycles. The predicted molar refractivity (Wildman–Crippen MR) is 86.4 cm³/mol. The summed E-state index contributed by atoms with van der Waals surface area (Å²) in [6.07, 6.45) is -0.996. The van der Waals surface area contributed by atoms with Gasteiger partial charge >= 0.3 is 12.2 Å². The molecule has 0 bridgehead atoms. The van der Waals surface area contributed by atoms with Crippen LogP contribution in [0.15, 0.2) is 0 Å². The fourth-order valence-electron chi connectivity index (χ4n) is 2.32. The number of nitrogens with zero attached hydrogens (tertiary/aromatic N) is 1. The van der Waals surface area contributed by atoms with Gasteiger partial charge in [0.1, 0.15) is 11.2 Å². The van der Waals surface area contributed by atoms with Gasteiger partial charge in [0.2, 0.25) is 0 Å². The van der Waals surface area contributed by atoms with E-state index in [1.807, 2.05) is 0 Å². The van der Waals surface area contributed by atoms with Crippen LogP contribution in [0.2, 0.25) is 0 Å². The average Bonchev–Trinajstić information content (AvgIpc) is 2.35. The summed E-state index contributed by atoms with van der Waals surface area (Å²) in [4.78, 5) is 26.2. The molecule has 0 aromatic heterocycles. The third-order valence-corrected chi connectivity index (χ3v) is 3.20. The highest BCUT2D eigenvalue weighted by molar-refractivity contribution is 5.88. The number of carbonyl (C=O) groups is 2. The molecule has 23 heavy (non-hydrogen) atoms. The standard InChI is InChI=1S/C16H30N2O5/c1-15(2,3)22-13(19)18(14(20)23-16(4,5)6)11-10-17-9-8-12(11)21-7/h11-12,17H,8-10H2,1-7H3/t11-,12-/m0/s1. The minimum atomic E-state index is -0.720. The molecule has 0 aromatic carbocycles. The van der Waals surface area contributed by atoms with Gasteiger partial charge in [-0.25, -0.2) is 14.5 Å². The topological polar surface area (TPSA) is 77.1 Å². The van der Waals surface area contributed by atoms with Crippen LogP contribution in [0.3, 0.4) is 0 Å². The SMILES string of the molecule is CO[C@H]1CCNC[C@@H]1N(C(=O)OC(C)(C)C)C(=O)OC(C)(C)C. The first-order chi connectivity index (χ1) is 10.4. The predicted octanol–water partition coefficient (Wildman–Crippen LogP) is 2.54. The number of ether oxygens (including phenoxy) is 3. The molecule has 0 aromatic rings. The van der Waals surface area contributed by atoms with Crippen molar-refractivity contribution in [2.45, 2.75) is 71.3 Å². The summed E-state index contributed by atoms with van der Waals surface area (Å²) in [5, 5.41) is 3.18. The Balaban J connectivity index is 3.04. The molecule has 2 amide bonds. The van der Waals surface area contributed by atoms with Crippen LogP contribution >= 0.6 is 0 Å². The van der Waals surface area contributed by atoms with Gasteiger partial charge in [0.25, 0.3) is 0 Å². The van der Waals surface area contributed by atoms with E-state index in [2.05, 4.69) is 5.32 Å². The first kappa shape index (κ1) is 19.7. The molecule has 1 N–H and O–H groups in total. The van der Waals surface area contributed by atoms with Crippen molar-refractivity contribution in [3.63, 3.8) is 0 Å².